The van der Waals surface area contributed by atoms with Crippen LogP contribution in [0.4, 0.5) is 0 Å². The summed E-state index contributed by atoms with van der Waals surface area (Å²) in [6.07, 6.45) is 5.17. The van der Waals surface area contributed by atoms with E-state index < -0.39 is 18.7 Å². The molecule has 3 saturated heterocycles. The van der Waals surface area contributed by atoms with Crippen LogP contribution < -0.4 is 16.9 Å². The van der Waals surface area contributed by atoms with Crippen molar-refractivity contribution >= 4 is 41.3 Å². The first kappa shape index (κ1) is 36.4. The molecular weight excluding hydrogens is 701 g/mol. The Hall–Kier alpha value is -5.23. The first-order valence-corrected chi connectivity index (χ1v) is 20.1. The molecule has 1 aliphatic carbocycles. The number of carbonyl (C=O) groups excluding carboxylic acids is 3. The number of hydrogen-bond acceptors (Lipinski definition) is 7. The summed E-state index contributed by atoms with van der Waals surface area (Å²) in [6, 6.07) is 31.8. The molecular formula is C45H48BN5O5. The van der Waals surface area contributed by atoms with Crippen molar-refractivity contribution in [3.8, 4) is 0 Å². The van der Waals surface area contributed by atoms with Gasteiger partial charge in [0.1, 0.15) is 5.69 Å². The van der Waals surface area contributed by atoms with Gasteiger partial charge in [-0.1, -0.05) is 72.8 Å². The van der Waals surface area contributed by atoms with Gasteiger partial charge in [0.15, 0.2) is 5.60 Å². The molecule has 0 bridgehead atoms. The number of H-pyrrole nitrogens is 1. The normalized spacial score (nSPS) is 20.8. The molecule has 10 nitrogen and oxygen atoms in total. The van der Waals surface area contributed by atoms with Crippen molar-refractivity contribution in [1.82, 2.24) is 14.8 Å². The van der Waals surface area contributed by atoms with Crippen molar-refractivity contribution in [3.63, 3.8) is 0 Å². The highest BCUT2D eigenvalue weighted by molar-refractivity contribution is 6.67. The lowest BCUT2D eigenvalue weighted by Gasteiger charge is -2.33. The zero-order valence-electron chi connectivity index (χ0n) is 31.6. The molecule has 5 aromatic rings. The Morgan fingerprint density at radius 3 is 1.91 bits per heavy atom. The summed E-state index contributed by atoms with van der Waals surface area (Å²) in [7, 11) is -0.971. The van der Waals surface area contributed by atoms with Crippen LogP contribution in [0.15, 0.2) is 97.1 Å². The van der Waals surface area contributed by atoms with Crippen molar-refractivity contribution < 1.29 is 23.7 Å². The van der Waals surface area contributed by atoms with Gasteiger partial charge in [0.2, 0.25) is 0 Å². The van der Waals surface area contributed by atoms with Crippen molar-refractivity contribution in [2.24, 2.45) is 17.4 Å². The molecule has 1 atom stereocenters. The van der Waals surface area contributed by atoms with Crippen LogP contribution in [0.25, 0.3) is 10.9 Å². The quantitative estimate of drug-likeness (QED) is 0.164. The van der Waals surface area contributed by atoms with Gasteiger partial charge in [-0.05, 0) is 102 Å². The van der Waals surface area contributed by atoms with E-state index in [0.717, 1.165) is 60.6 Å². The fourth-order valence-corrected chi connectivity index (χ4v) is 9.24. The molecule has 3 aliphatic heterocycles. The van der Waals surface area contributed by atoms with E-state index in [1.54, 1.807) is 0 Å². The Labute approximate surface area is 327 Å². The second-order valence-corrected chi connectivity index (χ2v) is 16.0. The monoisotopic (exact) mass is 749 g/mol. The predicted molar refractivity (Wildman–Crippen MR) is 216 cm³/mol. The van der Waals surface area contributed by atoms with Crippen molar-refractivity contribution in [2.45, 2.75) is 69.1 Å². The topological polar surface area (TPSA) is 144 Å². The molecule has 0 spiro atoms. The number of fused-ring (bicyclic) bond motifs is 1. The van der Waals surface area contributed by atoms with Crippen LogP contribution in [0.1, 0.15) is 99.0 Å². The Balaban J connectivity index is 0.906. The zero-order chi connectivity index (χ0) is 38.4. The molecule has 286 valence electrons. The van der Waals surface area contributed by atoms with Crippen LogP contribution in [-0.2, 0) is 32.8 Å². The first-order valence-electron chi connectivity index (χ1n) is 20.1. The number of piperidine rings is 2. The molecule has 1 aromatic heterocycles. The van der Waals surface area contributed by atoms with Gasteiger partial charge in [0.05, 0.1) is 0 Å². The molecule has 4 aliphatic rings. The molecule has 4 fully saturated rings. The molecule has 9 rings (SSSR count). The van der Waals surface area contributed by atoms with Gasteiger partial charge in [-0.3, -0.25) is 14.4 Å². The maximum atomic E-state index is 14.1. The Kier molecular flexibility index (Phi) is 9.77. The summed E-state index contributed by atoms with van der Waals surface area (Å²) >= 11 is 0. The van der Waals surface area contributed by atoms with E-state index in [0.29, 0.717) is 73.4 Å². The van der Waals surface area contributed by atoms with Crippen molar-refractivity contribution in [1.29, 1.82) is 0 Å². The third-order valence-electron chi connectivity index (χ3n) is 12.6. The van der Waals surface area contributed by atoms with E-state index in [9.17, 15) is 14.4 Å². The molecule has 5 N–H and O–H groups in total. The van der Waals surface area contributed by atoms with E-state index in [4.69, 9.17) is 20.8 Å². The maximum Gasteiger partial charge on any atom is 0.566 e. The molecule has 0 unspecified atom stereocenters. The van der Waals surface area contributed by atoms with Crippen LogP contribution in [0, 0.1) is 5.92 Å². The molecule has 11 heteroatoms. The van der Waals surface area contributed by atoms with Gasteiger partial charge in [-0.25, -0.2) is 0 Å². The van der Waals surface area contributed by atoms with Crippen LogP contribution in [-0.4, -0.2) is 65.9 Å². The number of nitrogens with two attached hydrogens (primary N) is 2. The highest BCUT2D eigenvalue weighted by Gasteiger charge is 2.62. The lowest BCUT2D eigenvalue weighted by Crippen LogP contribution is -2.40. The molecule has 56 heavy (non-hydrogen) atoms. The average molecular weight is 750 g/mol. The van der Waals surface area contributed by atoms with Crippen LogP contribution in [0.3, 0.4) is 0 Å². The standard InChI is InChI=1S/C45H48BN5O5/c47-27-29-5-1-7-33(23-29)31-15-19-50(20-16-31)42(52)35-9-3-10-37(25-35)45(36-13-14-36)44(54)55-46(56-45)39-11-4-12-40-38(39)26-41(49-40)43(53)51-21-17-32(18-22-51)34-8-2-6-30(24-34)28-48/h1-12,23-26,31-32,36,49H,13-22,27-28,47-48H2/t45-/m1/s1. The van der Waals surface area contributed by atoms with Gasteiger partial charge < -0.3 is 35.6 Å². The molecule has 4 heterocycles. The summed E-state index contributed by atoms with van der Waals surface area (Å²) in [5, 5.41) is 0.774. The number of aromatic nitrogens is 1. The fraction of sp³-hybridized carbons (Fsp3) is 0.356. The minimum absolute atomic E-state index is 0.0471. The smallest absolute Gasteiger partial charge is 0.503 e. The van der Waals surface area contributed by atoms with Crippen molar-refractivity contribution in [3.05, 3.63) is 136 Å². The van der Waals surface area contributed by atoms with E-state index in [2.05, 4.69) is 41.4 Å². The number of hydrogen-bond donors (Lipinski definition) is 3. The number of aromatic amines is 1. The maximum absolute atomic E-state index is 14.1. The van der Waals surface area contributed by atoms with E-state index >= 15 is 0 Å². The van der Waals surface area contributed by atoms with Gasteiger partial charge in [0.25, 0.3) is 11.8 Å². The number of benzene rings is 4. The Morgan fingerprint density at radius 2 is 1.30 bits per heavy atom. The van der Waals surface area contributed by atoms with E-state index in [1.807, 2.05) is 70.5 Å². The number of amides is 2. The summed E-state index contributed by atoms with van der Waals surface area (Å²) in [6.45, 7) is 3.66. The highest BCUT2D eigenvalue weighted by atomic mass is 16.7. The lowest BCUT2D eigenvalue weighted by atomic mass is 9.76. The molecule has 1 saturated carbocycles. The van der Waals surface area contributed by atoms with Crippen LogP contribution in [0.2, 0.25) is 0 Å². The van der Waals surface area contributed by atoms with Crippen molar-refractivity contribution in [2.75, 3.05) is 26.2 Å². The number of nitrogens with one attached hydrogen (secondary N) is 1. The van der Waals surface area contributed by atoms with E-state index in [-0.39, 0.29) is 17.7 Å². The zero-order valence-corrected chi connectivity index (χ0v) is 31.6. The molecule has 2 amide bonds. The number of nitrogens with zero attached hydrogens (tertiary/aromatic N) is 2. The summed E-state index contributed by atoms with van der Waals surface area (Å²) in [5.41, 5.74) is 18.4. The van der Waals surface area contributed by atoms with Crippen LogP contribution in [0.5, 0.6) is 0 Å². The van der Waals surface area contributed by atoms with Gasteiger partial charge >= 0.3 is 13.1 Å². The lowest BCUT2D eigenvalue weighted by molar-refractivity contribution is -0.145. The van der Waals surface area contributed by atoms with Gasteiger partial charge in [0, 0.05) is 67.1 Å². The summed E-state index contributed by atoms with van der Waals surface area (Å²) in [5.74, 6) is 0.171. The number of carbonyl (C=O) groups is 3. The Morgan fingerprint density at radius 1 is 0.714 bits per heavy atom. The highest BCUT2D eigenvalue weighted by Crippen LogP contribution is 2.52. The number of rotatable bonds is 9. The largest absolute Gasteiger partial charge is 0.566 e. The number of likely N-dealkylation sites (tertiary alicyclic amines) is 2. The molecule has 0 radical (unpaired) electrons. The minimum atomic E-state index is -1.33. The third-order valence-corrected chi connectivity index (χ3v) is 12.6. The van der Waals surface area contributed by atoms with Gasteiger partial charge in [-0.15, -0.1) is 0 Å². The minimum Gasteiger partial charge on any atom is -0.503 e. The second-order valence-electron chi connectivity index (χ2n) is 16.0. The second kappa shape index (κ2) is 15.0. The van der Waals surface area contributed by atoms with Gasteiger partial charge in [-0.2, -0.15) is 0 Å². The fourth-order valence-electron chi connectivity index (χ4n) is 9.24. The van der Waals surface area contributed by atoms with Crippen LogP contribution >= 0.6 is 0 Å². The SMILES string of the molecule is NCc1cccc(C2CCN(C(=O)c3cccc([C@@]4(C5CC5)OB(c5cccc6[nH]c(C(=O)N7CCC(c8cccc(CN)c8)CC7)cc56)OC4=O)c3)CC2)c1. The molecule has 4 aromatic carbocycles. The summed E-state index contributed by atoms with van der Waals surface area (Å²) in [4.78, 5) is 48.9. The predicted octanol–water partition coefficient (Wildman–Crippen LogP) is 5.70. The summed E-state index contributed by atoms with van der Waals surface area (Å²) < 4.78 is 12.9. The van der Waals surface area contributed by atoms with E-state index in [1.165, 1.54) is 11.1 Å². The Bertz CT molecular complexity index is 2290. The third kappa shape index (κ3) is 6.71. The first-order chi connectivity index (χ1) is 27.3. The average Bonchev–Trinajstić information content (AvgIpc) is 3.92.